The standard InChI is InChI=1S/C24H16N2O2S2/c25-15-21(17-10-5-2-6-11-17)30-23-22(24(27)28)18(16-8-3-1-4-9-16)14-19(26-23)20-12-7-13-29-20/h1-14,21H,(H,27,28)/t21-/m0/s1. The summed E-state index contributed by atoms with van der Waals surface area (Å²) in [7, 11) is 0. The highest BCUT2D eigenvalue weighted by Gasteiger charge is 2.24. The van der Waals surface area contributed by atoms with Crippen LogP contribution in [-0.2, 0) is 0 Å². The highest BCUT2D eigenvalue weighted by atomic mass is 32.2. The number of nitriles is 1. The monoisotopic (exact) mass is 428 g/mol. The summed E-state index contributed by atoms with van der Waals surface area (Å²) in [6.07, 6.45) is 0. The van der Waals surface area contributed by atoms with E-state index in [1.54, 1.807) is 0 Å². The predicted octanol–water partition coefficient (Wildman–Crippen LogP) is 6.53. The lowest BCUT2D eigenvalue weighted by Crippen LogP contribution is -2.06. The van der Waals surface area contributed by atoms with Crippen molar-refractivity contribution in [1.29, 1.82) is 5.26 Å². The molecule has 0 unspecified atom stereocenters. The molecule has 2 aromatic heterocycles. The Bertz CT molecular complexity index is 1200. The Labute approximate surface area is 182 Å². The zero-order valence-corrected chi connectivity index (χ0v) is 17.4. The number of nitrogens with zero attached hydrogens (tertiary/aromatic N) is 2. The Hall–Kier alpha value is -3.40. The van der Waals surface area contributed by atoms with E-state index in [1.807, 2.05) is 84.2 Å². The van der Waals surface area contributed by atoms with Gasteiger partial charge in [-0.2, -0.15) is 5.26 Å². The van der Waals surface area contributed by atoms with E-state index in [1.165, 1.54) is 23.1 Å². The van der Waals surface area contributed by atoms with Crippen LogP contribution in [0.2, 0.25) is 0 Å². The van der Waals surface area contributed by atoms with Gasteiger partial charge in [-0.1, -0.05) is 78.5 Å². The highest BCUT2D eigenvalue weighted by molar-refractivity contribution is 7.99. The number of aromatic nitrogens is 1. The van der Waals surface area contributed by atoms with Crippen LogP contribution in [0.3, 0.4) is 0 Å². The van der Waals surface area contributed by atoms with Crippen LogP contribution in [0.25, 0.3) is 21.7 Å². The molecule has 4 nitrogen and oxygen atoms in total. The molecule has 0 aliphatic carbocycles. The lowest BCUT2D eigenvalue weighted by Gasteiger charge is -2.15. The molecule has 4 aromatic rings. The van der Waals surface area contributed by atoms with E-state index >= 15 is 0 Å². The summed E-state index contributed by atoms with van der Waals surface area (Å²) in [5.74, 6) is -1.06. The summed E-state index contributed by atoms with van der Waals surface area (Å²) in [5.41, 5.74) is 3.01. The van der Waals surface area contributed by atoms with Gasteiger partial charge < -0.3 is 5.11 Å². The molecule has 0 amide bonds. The molecule has 0 fully saturated rings. The molecule has 146 valence electrons. The highest BCUT2D eigenvalue weighted by Crippen LogP contribution is 2.41. The fourth-order valence-electron chi connectivity index (χ4n) is 3.12. The summed E-state index contributed by atoms with van der Waals surface area (Å²) in [6.45, 7) is 0. The van der Waals surface area contributed by atoms with E-state index in [9.17, 15) is 15.2 Å². The Morgan fingerprint density at radius 2 is 1.73 bits per heavy atom. The molecule has 0 saturated carbocycles. The average Bonchev–Trinajstić information content (AvgIpc) is 3.33. The fourth-order valence-corrected chi connectivity index (χ4v) is 4.84. The number of carboxylic acids is 1. The van der Waals surface area contributed by atoms with Crippen molar-refractivity contribution in [3.05, 3.63) is 95.4 Å². The van der Waals surface area contributed by atoms with E-state index in [-0.39, 0.29) is 5.56 Å². The largest absolute Gasteiger partial charge is 0.478 e. The summed E-state index contributed by atoms with van der Waals surface area (Å²) >= 11 is 2.71. The SMILES string of the molecule is N#C[C@H](Sc1nc(-c2cccs2)cc(-c2ccccc2)c1C(=O)O)c1ccccc1. The minimum absolute atomic E-state index is 0.114. The summed E-state index contributed by atoms with van der Waals surface area (Å²) in [4.78, 5) is 17.9. The molecule has 30 heavy (non-hydrogen) atoms. The Kier molecular flexibility index (Phi) is 5.94. The quantitative estimate of drug-likeness (QED) is 0.353. The molecule has 1 atom stereocenters. The van der Waals surface area contributed by atoms with Crippen molar-refractivity contribution in [3.8, 4) is 27.8 Å². The van der Waals surface area contributed by atoms with E-state index in [2.05, 4.69) is 11.1 Å². The van der Waals surface area contributed by atoms with Crippen LogP contribution in [0, 0.1) is 11.3 Å². The Balaban J connectivity index is 1.91. The molecule has 4 rings (SSSR count). The third-order valence-corrected chi connectivity index (χ3v) is 6.53. The predicted molar refractivity (Wildman–Crippen MR) is 121 cm³/mol. The van der Waals surface area contributed by atoms with Crippen LogP contribution in [0.4, 0.5) is 0 Å². The first-order valence-corrected chi connectivity index (χ1v) is 10.9. The summed E-state index contributed by atoms with van der Waals surface area (Å²) < 4.78 is 0. The number of hydrogen-bond acceptors (Lipinski definition) is 5. The molecule has 0 saturated heterocycles. The van der Waals surface area contributed by atoms with Gasteiger partial charge >= 0.3 is 5.97 Å². The maximum absolute atomic E-state index is 12.3. The smallest absolute Gasteiger partial charge is 0.339 e. The molecule has 1 N–H and O–H groups in total. The number of aromatic carboxylic acids is 1. The molecule has 2 aromatic carbocycles. The van der Waals surface area contributed by atoms with Crippen molar-refractivity contribution in [3.63, 3.8) is 0 Å². The minimum atomic E-state index is -1.06. The van der Waals surface area contributed by atoms with Crippen molar-refractivity contribution in [2.45, 2.75) is 10.3 Å². The normalized spacial score (nSPS) is 11.6. The zero-order valence-electron chi connectivity index (χ0n) is 15.7. The number of rotatable bonds is 6. The molecule has 2 heterocycles. The van der Waals surface area contributed by atoms with Gasteiger partial charge in [0.1, 0.15) is 10.3 Å². The van der Waals surface area contributed by atoms with Gasteiger partial charge in [-0.05, 0) is 28.6 Å². The maximum Gasteiger partial charge on any atom is 0.339 e. The number of thioether (sulfide) groups is 1. The lowest BCUT2D eigenvalue weighted by atomic mass is 10.0. The summed E-state index contributed by atoms with van der Waals surface area (Å²) in [5, 5.41) is 21.5. The lowest BCUT2D eigenvalue weighted by molar-refractivity contribution is 0.0693. The van der Waals surface area contributed by atoms with Crippen molar-refractivity contribution < 1.29 is 9.90 Å². The number of thiophene rings is 1. The first-order chi connectivity index (χ1) is 14.7. The van der Waals surface area contributed by atoms with Gasteiger partial charge in [0.2, 0.25) is 0 Å². The van der Waals surface area contributed by atoms with Crippen molar-refractivity contribution in [2.24, 2.45) is 0 Å². The third kappa shape index (κ3) is 4.13. The van der Waals surface area contributed by atoms with Crippen LogP contribution in [-0.4, -0.2) is 16.1 Å². The van der Waals surface area contributed by atoms with Crippen molar-refractivity contribution >= 4 is 29.1 Å². The Morgan fingerprint density at radius 3 is 2.33 bits per heavy atom. The number of benzene rings is 2. The Morgan fingerprint density at radius 1 is 1.03 bits per heavy atom. The topological polar surface area (TPSA) is 74.0 Å². The van der Waals surface area contributed by atoms with Crippen LogP contribution in [0.1, 0.15) is 21.2 Å². The fraction of sp³-hybridized carbons (Fsp3) is 0.0417. The minimum Gasteiger partial charge on any atom is -0.478 e. The van der Waals surface area contributed by atoms with Gasteiger partial charge in [0.25, 0.3) is 0 Å². The van der Waals surface area contributed by atoms with Gasteiger partial charge in [-0.15, -0.1) is 11.3 Å². The van der Waals surface area contributed by atoms with Gasteiger partial charge in [0.05, 0.1) is 22.2 Å². The van der Waals surface area contributed by atoms with Gasteiger partial charge in [0.15, 0.2) is 0 Å². The van der Waals surface area contributed by atoms with Gasteiger partial charge in [-0.3, -0.25) is 0 Å². The van der Waals surface area contributed by atoms with E-state index < -0.39 is 11.2 Å². The number of hydrogen-bond donors (Lipinski definition) is 1. The molecule has 0 aliphatic rings. The van der Waals surface area contributed by atoms with Crippen molar-refractivity contribution in [1.82, 2.24) is 4.98 Å². The van der Waals surface area contributed by atoms with Crippen molar-refractivity contribution in [2.75, 3.05) is 0 Å². The van der Waals surface area contributed by atoms with E-state index in [0.717, 1.165) is 16.0 Å². The van der Waals surface area contributed by atoms with Crippen LogP contribution >= 0.6 is 23.1 Å². The second kappa shape index (κ2) is 8.95. The zero-order chi connectivity index (χ0) is 20.9. The molecule has 6 heteroatoms. The van der Waals surface area contributed by atoms with E-state index in [4.69, 9.17) is 0 Å². The molecular formula is C24H16N2O2S2. The molecule has 0 aliphatic heterocycles. The number of carboxylic acid groups (broad SMARTS) is 1. The molecule has 0 bridgehead atoms. The third-order valence-electron chi connectivity index (χ3n) is 4.51. The number of pyridine rings is 1. The molecular weight excluding hydrogens is 412 g/mol. The second-order valence-electron chi connectivity index (χ2n) is 6.42. The first-order valence-electron chi connectivity index (χ1n) is 9.16. The first kappa shape index (κ1) is 19.9. The van der Waals surface area contributed by atoms with Gasteiger partial charge in [-0.25, -0.2) is 9.78 Å². The average molecular weight is 429 g/mol. The van der Waals surface area contributed by atoms with Crippen LogP contribution in [0.15, 0.2) is 89.3 Å². The number of carbonyl (C=O) groups is 1. The maximum atomic E-state index is 12.3. The van der Waals surface area contributed by atoms with Crippen LogP contribution in [0.5, 0.6) is 0 Å². The molecule has 0 radical (unpaired) electrons. The van der Waals surface area contributed by atoms with Crippen LogP contribution < -0.4 is 0 Å². The second-order valence-corrected chi connectivity index (χ2v) is 8.46. The summed E-state index contributed by atoms with van der Waals surface area (Å²) in [6, 6.07) is 26.7. The van der Waals surface area contributed by atoms with Gasteiger partial charge in [0, 0.05) is 5.56 Å². The molecule has 0 spiro atoms. The van der Waals surface area contributed by atoms with E-state index in [0.29, 0.717) is 16.3 Å².